The molecule has 1 aliphatic heterocycles. The zero-order valence-electron chi connectivity index (χ0n) is 12.5. The van der Waals surface area contributed by atoms with E-state index in [9.17, 15) is 9.59 Å². The lowest BCUT2D eigenvalue weighted by molar-refractivity contribution is 0.0939. The number of anilines is 1. The Hall–Kier alpha value is -1.67. The predicted molar refractivity (Wildman–Crippen MR) is 80.9 cm³/mol. The lowest BCUT2D eigenvalue weighted by Gasteiger charge is -2.16. The van der Waals surface area contributed by atoms with E-state index in [-0.39, 0.29) is 18.0 Å². The van der Waals surface area contributed by atoms with Crippen molar-refractivity contribution in [3.05, 3.63) is 11.1 Å². The Kier molecular flexibility index (Phi) is 5.13. The van der Waals surface area contributed by atoms with E-state index in [4.69, 9.17) is 4.74 Å². The summed E-state index contributed by atoms with van der Waals surface area (Å²) in [6, 6.07) is -0.0298. The molecule has 0 bridgehead atoms. The quantitative estimate of drug-likeness (QED) is 0.855. The molecule has 1 N–H and O–H groups in total. The summed E-state index contributed by atoms with van der Waals surface area (Å²) in [7, 11) is 1.61. The third kappa shape index (κ3) is 3.70. The average Bonchev–Trinajstić information content (AvgIpc) is 3.02. The van der Waals surface area contributed by atoms with Gasteiger partial charge in [0.1, 0.15) is 5.69 Å². The van der Waals surface area contributed by atoms with Crippen LogP contribution in [0.4, 0.5) is 9.93 Å². The smallest absolute Gasteiger partial charge is 0.326 e. The molecule has 0 spiro atoms. The van der Waals surface area contributed by atoms with Crippen LogP contribution in [-0.2, 0) is 4.74 Å². The molecule has 8 heteroatoms. The van der Waals surface area contributed by atoms with Crippen LogP contribution in [0.3, 0.4) is 0 Å². The number of methoxy groups -OCH3 is 1. The van der Waals surface area contributed by atoms with Gasteiger partial charge in [0.25, 0.3) is 5.91 Å². The number of hydrogen-bond donors (Lipinski definition) is 1. The molecule has 1 aromatic rings. The minimum absolute atomic E-state index is 0.0561. The highest BCUT2D eigenvalue weighted by molar-refractivity contribution is 7.14. The second-order valence-corrected chi connectivity index (χ2v) is 5.89. The fourth-order valence-electron chi connectivity index (χ4n) is 2.00. The fourth-order valence-corrected chi connectivity index (χ4v) is 2.82. The van der Waals surface area contributed by atoms with Gasteiger partial charge in [-0.05, 0) is 13.8 Å². The van der Waals surface area contributed by atoms with E-state index in [1.54, 1.807) is 22.3 Å². The fraction of sp³-hybridized carbons (Fsp3) is 0.615. The zero-order chi connectivity index (χ0) is 15.4. The molecule has 1 aromatic heterocycles. The van der Waals surface area contributed by atoms with E-state index in [0.717, 1.165) is 0 Å². The Morgan fingerprint density at radius 3 is 2.95 bits per heavy atom. The monoisotopic (exact) mass is 312 g/mol. The number of carbonyl (C=O) groups is 2. The number of nitrogens with one attached hydrogen (secondary N) is 1. The highest BCUT2D eigenvalue weighted by Crippen LogP contribution is 2.24. The summed E-state index contributed by atoms with van der Waals surface area (Å²) in [5.74, 6) is -0.213. The number of thiazole rings is 1. The summed E-state index contributed by atoms with van der Waals surface area (Å²) in [4.78, 5) is 31.7. The Balaban J connectivity index is 2.02. The molecule has 7 nitrogen and oxygen atoms in total. The Morgan fingerprint density at radius 1 is 1.52 bits per heavy atom. The van der Waals surface area contributed by atoms with Gasteiger partial charge in [-0.3, -0.25) is 9.69 Å². The molecule has 21 heavy (non-hydrogen) atoms. The minimum Gasteiger partial charge on any atom is -0.383 e. The normalized spacial score (nSPS) is 15.1. The molecule has 3 amide bonds. The van der Waals surface area contributed by atoms with E-state index in [1.807, 2.05) is 13.8 Å². The van der Waals surface area contributed by atoms with Gasteiger partial charge in [-0.1, -0.05) is 0 Å². The van der Waals surface area contributed by atoms with Crippen molar-refractivity contribution < 1.29 is 14.3 Å². The molecule has 0 atom stereocenters. The van der Waals surface area contributed by atoms with Crippen LogP contribution in [0.5, 0.6) is 0 Å². The number of hydrogen-bond acceptors (Lipinski definition) is 5. The molecule has 0 aliphatic carbocycles. The largest absolute Gasteiger partial charge is 0.383 e. The number of amides is 3. The Morgan fingerprint density at radius 2 is 2.29 bits per heavy atom. The predicted octanol–water partition coefficient (Wildman–Crippen LogP) is 1.17. The Bertz CT molecular complexity index is 517. The first kappa shape index (κ1) is 15.7. The lowest BCUT2D eigenvalue weighted by Crippen LogP contribution is -2.34. The van der Waals surface area contributed by atoms with Gasteiger partial charge in [-0.15, -0.1) is 11.3 Å². The van der Waals surface area contributed by atoms with Gasteiger partial charge in [-0.25, -0.2) is 9.78 Å². The van der Waals surface area contributed by atoms with E-state index in [2.05, 4.69) is 10.3 Å². The summed E-state index contributed by atoms with van der Waals surface area (Å²) >= 11 is 1.31. The number of nitrogens with zero attached hydrogens (tertiary/aromatic N) is 3. The number of rotatable bonds is 6. The van der Waals surface area contributed by atoms with E-state index in [0.29, 0.717) is 37.1 Å². The molecule has 0 radical (unpaired) electrons. The maximum absolute atomic E-state index is 12.2. The second kappa shape index (κ2) is 6.86. The van der Waals surface area contributed by atoms with Crippen molar-refractivity contribution >= 4 is 28.4 Å². The first-order chi connectivity index (χ1) is 10.0. The van der Waals surface area contributed by atoms with Crippen LogP contribution in [0.15, 0.2) is 5.38 Å². The van der Waals surface area contributed by atoms with Crippen molar-refractivity contribution in [3.8, 4) is 0 Å². The Labute approximate surface area is 127 Å². The van der Waals surface area contributed by atoms with Crippen molar-refractivity contribution in [1.82, 2.24) is 15.2 Å². The first-order valence-corrected chi connectivity index (χ1v) is 7.72. The third-order valence-electron chi connectivity index (χ3n) is 3.04. The van der Waals surface area contributed by atoms with Crippen molar-refractivity contribution in [1.29, 1.82) is 0 Å². The average molecular weight is 312 g/mol. The summed E-state index contributed by atoms with van der Waals surface area (Å²) < 4.78 is 4.99. The summed E-state index contributed by atoms with van der Waals surface area (Å²) in [5.41, 5.74) is 0.354. The SMILES string of the molecule is COCCN1CCN(c2nc(C(=O)NC(C)C)cs2)C1=O. The molecule has 2 heterocycles. The molecule has 1 saturated heterocycles. The summed E-state index contributed by atoms with van der Waals surface area (Å²) in [6.07, 6.45) is 0. The number of aromatic nitrogens is 1. The van der Waals surface area contributed by atoms with Gasteiger partial charge in [-0.2, -0.15) is 0 Å². The maximum Gasteiger partial charge on any atom is 0.326 e. The van der Waals surface area contributed by atoms with Crippen LogP contribution in [-0.4, -0.2) is 61.2 Å². The van der Waals surface area contributed by atoms with Crippen LogP contribution in [0, 0.1) is 0 Å². The maximum atomic E-state index is 12.2. The lowest BCUT2D eigenvalue weighted by atomic mass is 10.3. The van der Waals surface area contributed by atoms with Crippen LogP contribution < -0.4 is 10.2 Å². The molecule has 0 saturated carbocycles. The van der Waals surface area contributed by atoms with Crippen LogP contribution in [0.25, 0.3) is 0 Å². The van der Waals surface area contributed by atoms with Crippen LogP contribution in [0.1, 0.15) is 24.3 Å². The topological polar surface area (TPSA) is 74.8 Å². The standard InChI is InChI=1S/C13H20N4O3S/c1-9(2)14-11(18)10-8-21-12(15-10)17-5-4-16(13(17)19)6-7-20-3/h8-9H,4-7H2,1-3H3,(H,14,18). The molecule has 0 unspecified atom stereocenters. The summed E-state index contributed by atoms with van der Waals surface area (Å²) in [6.45, 7) is 6.10. The highest BCUT2D eigenvalue weighted by atomic mass is 32.1. The molecular weight excluding hydrogens is 292 g/mol. The van der Waals surface area contributed by atoms with Gasteiger partial charge in [0, 0.05) is 38.2 Å². The number of ether oxygens (including phenoxy) is 1. The van der Waals surface area contributed by atoms with Crippen LogP contribution in [0.2, 0.25) is 0 Å². The molecule has 116 valence electrons. The van der Waals surface area contributed by atoms with Crippen LogP contribution >= 0.6 is 11.3 Å². The molecular formula is C13H20N4O3S. The van der Waals surface area contributed by atoms with E-state index in [1.165, 1.54) is 11.3 Å². The van der Waals surface area contributed by atoms with Gasteiger partial charge < -0.3 is 15.0 Å². The van der Waals surface area contributed by atoms with Crippen molar-refractivity contribution in [2.24, 2.45) is 0 Å². The van der Waals surface area contributed by atoms with Gasteiger partial charge in [0.05, 0.1) is 6.61 Å². The number of urea groups is 1. The van der Waals surface area contributed by atoms with Crippen molar-refractivity contribution in [2.45, 2.75) is 19.9 Å². The molecule has 1 fully saturated rings. The second-order valence-electron chi connectivity index (χ2n) is 5.06. The van der Waals surface area contributed by atoms with Gasteiger partial charge in [0.2, 0.25) is 0 Å². The molecule has 0 aromatic carbocycles. The minimum atomic E-state index is -0.213. The molecule has 1 aliphatic rings. The highest BCUT2D eigenvalue weighted by Gasteiger charge is 2.31. The van der Waals surface area contributed by atoms with Gasteiger partial charge >= 0.3 is 6.03 Å². The van der Waals surface area contributed by atoms with Crippen molar-refractivity contribution in [2.75, 3.05) is 38.3 Å². The first-order valence-electron chi connectivity index (χ1n) is 6.84. The van der Waals surface area contributed by atoms with E-state index < -0.39 is 0 Å². The van der Waals surface area contributed by atoms with Crippen molar-refractivity contribution in [3.63, 3.8) is 0 Å². The molecule has 2 rings (SSSR count). The zero-order valence-corrected chi connectivity index (χ0v) is 13.3. The third-order valence-corrected chi connectivity index (χ3v) is 3.90. The van der Waals surface area contributed by atoms with E-state index >= 15 is 0 Å². The summed E-state index contributed by atoms with van der Waals surface area (Å²) in [5, 5.41) is 5.03. The number of carbonyl (C=O) groups excluding carboxylic acids is 2. The van der Waals surface area contributed by atoms with Gasteiger partial charge in [0.15, 0.2) is 5.13 Å².